The lowest BCUT2D eigenvalue weighted by Gasteiger charge is -2.21. The van der Waals surface area contributed by atoms with Crippen molar-refractivity contribution in [2.45, 2.75) is 12.4 Å². The van der Waals surface area contributed by atoms with Crippen molar-refractivity contribution in [2.75, 3.05) is 11.5 Å². The van der Waals surface area contributed by atoms with Crippen LogP contribution in [0.3, 0.4) is 0 Å². The smallest absolute Gasteiger partial charge is 0.420 e. The summed E-state index contributed by atoms with van der Waals surface area (Å²) in [5.41, 5.74) is 1.77. The second kappa shape index (κ2) is 8.91. The lowest BCUT2D eigenvalue weighted by atomic mass is 10.0. The molecule has 4 N–H and O–H groups in total. The maximum atomic E-state index is 14.2. The molecule has 0 aromatic heterocycles. The molecule has 194 valence electrons. The molecule has 4 nitrogen and oxygen atoms in total. The number of ether oxygens (including phenoxy) is 2. The molecule has 0 bridgehead atoms. The Morgan fingerprint density at radius 1 is 0.528 bits per heavy atom. The maximum Gasteiger partial charge on any atom is 0.420 e. The Balaban J connectivity index is 2.28. The highest BCUT2D eigenvalue weighted by atomic mass is 19.4. The molecule has 0 heterocycles. The first-order chi connectivity index (χ1) is 16.4. The number of nitrogen functional groups attached to an aromatic ring is 2. The molecule has 16 heteroatoms. The van der Waals surface area contributed by atoms with E-state index in [0.29, 0.717) is 0 Å². The molecule has 3 aromatic rings. The monoisotopic (exact) mass is 536 g/mol. The molecule has 36 heavy (non-hydrogen) atoms. The minimum atomic E-state index is -5.85. The number of hydrogen-bond acceptors (Lipinski definition) is 4. The van der Waals surface area contributed by atoms with Crippen LogP contribution in [0.2, 0.25) is 0 Å². The van der Waals surface area contributed by atoms with Gasteiger partial charge in [0, 0.05) is 18.2 Å². The van der Waals surface area contributed by atoms with Crippen LogP contribution in [-0.2, 0) is 12.4 Å². The van der Waals surface area contributed by atoms with Crippen LogP contribution < -0.4 is 20.9 Å². The Labute approximate surface area is 191 Å². The van der Waals surface area contributed by atoms with Crippen molar-refractivity contribution in [3.63, 3.8) is 0 Å². The molecule has 3 aromatic carbocycles. The van der Waals surface area contributed by atoms with E-state index in [4.69, 9.17) is 11.5 Å². The van der Waals surface area contributed by atoms with Gasteiger partial charge in [0.1, 0.15) is 28.4 Å². The largest absolute Gasteiger partial charge is 0.454 e. The zero-order chi connectivity index (χ0) is 27.3. The van der Waals surface area contributed by atoms with E-state index < -0.39 is 92.8 Å². The number of hydrogen-bond donors (Lipinski definition) is 2. The van der Waals surface area contributed by atoms with E-state index in [1.165, 1.54) is 0 Å². The molecule has 0 spiro atoms. The summed E-state index contributed by atoms with van der Waals surface area (Å²) >= 11 is 0. The molecule has 0 atom stereocenters. The van der Waals surface area contributed by atoms with Crippen molar-refractivity contribution in [3.05, 3.63) is 70.3 Å². The Hall–Kier alpha value is -3.98. The SMILES string of the molecule is Nc1c(F)c(F)cc(Oc2cc(Oc3cc(F)c(F)c(N)c3F)c(C(F)(F)F)c(C(F)(F)F)c2)c1F. The Kier molecular flexibility index (Phi) is 6.59. The average Bonchev–Trinajstić information content (AvgIpc) is 2.76. The third kappa shape index (κ3) is 4.87. The van der Waals surface area contributed by atoms with Crippen LogP contribution in [-0.4, -0.2) is 0 Å². The van der Waals surface area contributed by atoms with Crippen molar-refractivity contribution in [1.29, 1.82) is 0 Å². The summed E-state index contributed by atoms with van der Waals surface area (Å²) < 4.78 is 173. The summed E-state index contributed by atoms with van der Waals surface area (Å²) in [7, 11) is 0. The normalized spacial score (nSPS) is 12.1. The molecular weight excluding hydrogens is 528 g/mol. The van der Waals surface area contributed by atoms with Crippen LogP contribution in [0.25, 0.3) is 0 Å². The van der Waals surface area contributed by atoms with E-state index >= 15 is 0 Å². The van der Waals surface area contributed by atoms with E-state index in [1.54, 1.807) is 0 Å². The Morgan fingerprint density at radius 2 is 0.972 bits per heavy atom. The van der Waals surface area contributed by atoms with Crippen molar-refractivity contribution in [1.82, 2.24) is 0 Å². The van der Waals surface area contributed by atoms with Crippen molar-refractivity contribution < 1.29 is 62.2 Å². The van der Waals surface area contributed by atoms with E-state index in [9.17, 15) is 52.7 Å². The van der Waals surface area contributed by atoms with Crippen LogP contribution in [0.4, 0.5) is 64.1 Å². The van der Waals surface area contributed by atoms with Crippen LogP contribution in [0.15, 0.2) is 24.3 Å². The predicted molar refractivity (Wildman–Crippen MR) is 98.1 cm³/mol. The topological polar surface area (TPSA) is 70.5 Å². The maximum absolute atomic E-state index is 14.2. The predicted octanol–water partition coefficient (Wildman–Crippen LogP) is 7.31. The Morgan fingerprint density at radius 3 is 1.39 bits per heavy atom. The number of alkyl halides is 6. The summed E-state index contributed by atoms with van der Waals surface area (Å²) in [6.45, 7) is 0. The first-order valence-corrected chi connectivity index (χ1v) is 8.97. The average molecular weight is 536 g/mol. The van der Waals surface area contributed by atoms with E-state index in [-0.39, 0.29) is 24.3 Å². The molecule has 0 aliphatic heterocycles. The second-order valence-electron chi connectivity index (χ2n) is 6.84. The van der Waals surface area contributed by atoms with Gasteiger partial charge in [-0.25, -0.2) is 26.3 Å². The fourth-order valence-corrected chi connectivity index (χ4v) is 2.84. The van der Waals surface area contributed by atoms with Crippen LogP contribution >= 0.6 is 0 Å². The summed E-state index contributed by atoms with van der Waals surface area (Å²) in [6, 6.07) is -0.436. The van der Waals surface area contributed by atoms with Gasteiger partial charge in [-0.1, -0.05) is 0 Å². The number of halogens is 12. The fraction of sp³-hybridized carbons (Fsp3) is 0.100. The lowest BCUT2D eigenvalue weighted by Crippen LogP contribution is -2.18. The van der Waals surface area contributed by atoms with E-state index in [1.807, 2.05) is 0 Å². The molecule has 0 unspecified atom stereocenters. The van der Waals surface area contributed by atoms with Crippen LogP contribution in [0, 0.1) is 34.9 Å². The van der Waals surface area contributed by atoms with Gasteiger partial charge in [-0.3, -0.25) is 0 Å². The molecule has 0 fully saturated rings. The Bertz CT molecular complexity index is 1350. The van der Waals surface area contributed by atoms with Gasteiger partial charge in [0.25, 0.3) is 0 Å². The summed E-state index contributed by atoms with van der Waals surface area (Å²) in [6.07, 6.45) is -11.7. The highest BCUT2D eigenvalue weighted by molar-refractivity contribution is 5.55. The second-order valence-corrected chi connectivity index (χ2v) is 6.84. The molecule has 0 saturated carbocycles. The number of nitrogens with two attached hydrogens (primary N) is 2. The number of rotatable bonds is 4. The zero-order valence-corrected chi connectivity index (χ0v) is 16.8. The van der Waals surface area contributed by atoms with Gasteiger partial charge in [0.05, 0.1) is 5.56 Å². The molecular formula is C20H8F12N2O2. The molecule has 3 rings (SSSR count). The summed E-state index contributed by atoms with van der Waals surface area (Å²) in [4.78, 5) is 0. The van der Waals surface area contributed by atoms with Crippen molar-refractivity contribution in [3.8, 4) is 23.0 Å². The highest BCUT2D eigenvalue weighted by Crippen LogP contribution is 2.49. The number of benzene rings is 3. The van der Waals surface area contributed by atoms with Crippen LogP contribution in [0.1, 0.15) is 11.1 Å². The van der Waals surface area contributed by atoms with E-state index in [0.717, 1.165) is 0 Å². The minimum absolute atomic E-state index is 0.0117. The van der Waals surface area contributed by atoms with Gasteiger partial charge in [-0.05, 0) is 6.07 Å². The first-order valence-electron chi connectivity index (χ1n) is 8.97. The quantitative estimate of drug-likeness (QED) is 0.209. The first kappa shape index (κ1) is 26.6. The fourth-order valence-electron chi connectivity index (χ4n) is 2.84. The molecule has 0 saturated heterocycles. The van der Waals surface area contributed by atoms with Gasteiger partial charge in [0.2, 0.25) is 0 Å². The van der Waals surface area contributed by atoms with Crippen molar-refractivity contribution >= 4 is 11.4 Å². The van der Waals surface area contributed by atoms with Crippen LogP contribution in [0.5, 0.6) is 23.0 Å². The zero-order valence-electron chi connectivity index (χ0n) is 16.8. The summed E-state index contributed by atoms with van der Waals surface area (Å²) in [5.74, 6) is -17.5. The van der Waals surface area contributed by atoms with Gasteiger partial charge in [-0.15, -0.1) is 0 Å². The molecule has 0 aliphatic rings. The highest BCUT2D eigenvalue weighted by Gasteiger charge is 2.46. The molecule has 0 amide bonds. The van der Waals surface area contributed by atoms with Gasteiger partial charge in [0.15, 0.2) is 46.4 Å². The van der Waals surface area contributed by atoms with Gasteiger partial charge in [-0.2, -0.15) is 26.3 Å². The lowest BCUT2D eigenvalue weighted by molar-refractivity contribution is -0.162. The third-order valence-electron chi connectivity index (χ3n) is 4.43. The minimum Gasteiger partial charge on any atom is -0.454 e. The molecule has 0 aliphatic carbocycles. The molecule has 0 radical (unpaired) electrons. The van der Waals surface area contributed by atoms with Gasteiger partial charge < -0.3 is 20.9 Å². The number of anilines is 2. The van der Waals surface area contributed by atoms with Crippen molar-refractivity contribution in [2.24, 2.45) is 0 Å². The standard InChI is InChI=1S/C20H8F12N2O2/c21-7-3-10(15(25)17(33)13(7)23)35-5-1-6(19(27,28)29)12(20(30,31)32)9(2-5)36-11-4-8(22)14(24)18(34)16(11)26/h1-4H,33-34H2. The summed E-state index contributed by atoms with van der Waals surface area (Å²) in [5, 5.41) is 0. The van der Waals surface area contributed by atoms with E-state index in [2.05, 4.69) is 9.47 Å². The third-order valence-corrected chi connectivity index (χ3v) is 4.43. The van der Waals surface area contributed by atoms with Gasteiger partial charge >= 0.3 is 12.4 Å².